The molecule has 1 aliphatic heterocycles. The highest BCUT2D eigenvalue weighted by Crippen LogP contribution is 2.19. The molecule has 2 heterocycles. The van der Waals surface area contributed by atoms with E-state index in [-0.39, 0.29) is 18.4 Å². The lowest BCUT2D eigenvalue weighted by atomic mass is 9.97. The van der Waals surface area contributed by atoms with Gasteiger partial charge in [0.25, 0.3) is 0 Å². The van der Waals surface area contributed by atoms with Gasteiger partial charge in [-0.15, -0.1) is 11.3 Å². The van der Waals surface area contributed by atoms with Crippen molar-refractivity contribution >= 4 is 23.3 Å². The number of thiophene rings is 1. The summed E-state index contributed by atoms with van der Waals surface area (Å²) in [4.78, 5) is 24.8. The van der Waals surface area contributed by atoms with Gasteiger partial charge >= 0.3 is 12.0 Å². The van der Waals surface area contributed by atoms with Crippen molar-refractivity contribution < 1.29 is 14.7 Å². The number of amides is 2. The number of carbonyl (C=O) groups excluding carboxylic acids is 1. The summed E-state index contributed by atoms with van der Waals surface area (Å²) in [6.45, 7) is 1.63. The molecular formula is C11H14N2O3S. The number of aliphatic carboxylic acids is 1. The van der Waals surface area contributed by atoms with E-state index >= 15 is 0 Å². The van der Waals surface area contributed by atoms with Crippen LogP contribution in [0.5, 0.6) is 0 Å². The molecule has 92 valence electrons. The summed E-state index contributed by atoms with van der Waals surface area (Å²) < 4.78 is 0. The highest BCUT2D eigenvalue weighted by atomic mass is 32.1. The Bertz CT molecular complexity index is 399. The van der Waals surface area contributed by atoms with Gasteiger partial charge in [-0.05, 0) is 11.4 Å². The van der Waals surface area contributed by atoms with Crippen molar-refractivity contribution in [1.29, 1.82) is 0 Å². The lowest BCUT2D eigenvalue weighted by molar-refractivity contribution is -0.139. The fourth-order valence-electron chi connectivity index (χ4n) is 1.80. The molecule has 0 bridgehead atoms. The number of likely N-dealkylation sites (tertiary alicyclic amines) is 1. The van der Waals surface area contributed by atoms with Crippen molar-refractivity contribution in [3.63, 3.8) is 0 Å². The normalized spacial score (nSPS) is 15.4. The van der Waals surface area contributed by atoms with Crippen LogP contribution in [0.3, 0.4) is 0 Å². The van der Waals surface area contributed by atoms with Crippen LogP contribution in [-0.2, 0) is 11.3 Å². The van der Waals surface area contributed by atoms with E-state index in [4.69, 9.17) is 5.11 Å². The van der Waals surface area contributed by atoms with E-state index in [2.05, 4.69) is 5.32 Å². The third-order valence-corrected chi connectivity index (χ3v) is 3.58. The van der Waals surface area contributed by atoms with Crippen molar-refractivity contribution in [2.24, 2.45) is 5.92 Å². The summed E-state index contributed by atoms with van der Waals surface area (Å²) >= 11 is 1.60. The number of hydrogen-bond donors (Lipinski definition) is 2. The first-order valence-electron chi connectivity index (χ1n) is 5.42. The van der Waals surface area contributed by atoms with Gasteiger partial charge in [-0.3, -0.25) is 4.79 Å². The number of carboxylic acid groups (broad SMARTS) is 1. The molecule has 6 heteroatoms. The van der Waals surface area contributed by atoms with E-state index < -0.39 is 5.97 Å². The maximum atomic E-state index is 11.6. The second-order valence-corrected chi connectivity index (χ2v) is 5.14. The van der Waals surface area contributed by atoms with E-state index in [0.29, 0.717) is 19.6 Å². The minimum absolute atomic E-state index is 0.111. The van der Waals surface area contributed by atoms with Crippen LogP contribution in [0, 0.1) is 5.92 Å². The molecule has 0 atom stereocenters. The topological polar surface area (TPSA) is 69.6 Å². The number of urea groups is 1. The molecule has 1 aromatic rings. The number of nitrogens with zero attached hydrogens (tertiary/aromatic N) is 1. The monoisotopic (exact) mass is 254 g/mol. The van der Waals surface area contributed by atoms with Gasteiger partial charge in [0.2, 0.25) is 0 Å². The zero-order chi connectivity index (χ0) is 12.3. The Morgan fingerprint density at radius 2 is 2.29 bits per heavy atom. The van der Waals surface area contributed by atoms with Crippen LogP contribution in [0.4, 0.5) is 4.79 Å². The summed E-state index contributed by atoms with van der Waals surface area (Å²) in [6.07, 6.45) is 0.148. The number of rotatable bonds is 4. The molecule has 17 heavy (non-hydrogen) atoms. The smallest absolute Gasteiger partial charge is 0.317 e. The lowest BCUT2D eigenvalue weighted by Gasteiger charge is -2.38. The number of hydrogen-bond acceptors (Lipinski definition) is 3. The van der Waals surface area contributed by atoms with Crippen LogP contribution in [0.25, 0.3) is 0 Å². The molecule has 0 aromatic carbocycles. The number of carbonyl (C=O) groups is 2. The fourth-order valence-corrected chi connectivity index (χ4v) is 2.44. The third-order valence-electron chi connectivity index (χ3n) is 2.70. The maximum absolute atomic E-state index is 11.6. The SMILES string of the molecule is O=C(O)CC1CN(C(=O)NCc2cccs2)C1. The van der Waals surface area contributed by atoms with Crippen LogP contribution in [0.2, 0.25) is 0 Å². The van der Waals surface area contributed by atoms with Gasteiger partial charge in [0.05, 0.1) is 13.0 Å². The molecule has 0 aliphatic carbocycles. The summed E-state index contributed by atoms with van der Waals surface area (Å²) in [5, 5.41) is 13.4. The van der Waals surface area contributed by atoms with E-state index in [0.717, 1.165) is 4.88 Å². The Kier molecular flexibility index (Phi) is 3.63. The minimum atomic E-state index is -0.798. The van der Waals surface area contributed by atoms with Crippen molar-refractivity contribution in [1.82, 2.24) is 10.2 Å². The molecule has 2 rings (SSSR count). The van der Waals surface area contributed by atoms with Crippen LogP contribution >= 0.6 is 11.3 Å². The molecular weight excluding hydrogens is 240 g/mol. The summed E-state index contributed by atoms with van der Waals surface area (Å²) in [7, 11) is 0. The first kappa shape index (κ1) is 11.9. The maximum Gasteiger partial charge on any atom is 0.317 e. The molecule has 1 aliphatic rings. The molecule has 2 N–H and O–H groups in total. The van der Waals surface area contributed by atoms with Crippen LogP contribution in [0.15, 0.2) is 17.5 Å². The van der Waals surface area contributed by atoms with Crippen molar-refractivity contribution in [2.75, 3.05) is 13.1 Å². The van der Waals surface area contributed by atoms with Gasteiger partial charge < -0.3 is 15.3 Å². The van der Waals surface area contributed by atoms with Crippen molar-refractivity contribution in [3.05, 3.63) is 22.4 Å². The molecule has 5 nitrogen and oxygen atoms in total. The minimum Gasteiger partial charge on any atom is -0.481 e. The highest BCUT2D eigenvalue weighted by Gasteiger charge is 2.31. The van der Waals surface area contributed by atoms with Crippen molar-refractivity contribution in [3.8, 4) is 0 Å². The molecule has 0 unspecified atom stereocenters. The zero-order valence-electron chi connectivity index (χ0n) is 9.26. The average Bonchev–Trinajstić information content (AvgIpc) is 2.71. The Labute approximate surface area is 103 Å². The molecule has 2 amide bonds. The van der Waals surface area contributed by atoms with E-state index in [1.165, 1.54) is 0 Å². The Morgan fingerprint density at radius 3 is 2.88 bits per heavy atom. The zero-order valence-corrected chi connectivity index (χ0v) is 10.1. The molecule has 0 saturated carbocycles. The van der Waals surface area contributed by atoms with Gasteiger partial charge in [0.1, 0.15) is 0 Å². The standard InChI is InChI=1S/C11H14N2O3S/c14-10(15)4-8-6-13(7-8)11(16)12-5-9-2-1-3-17-9/h1-3,8H,4-7H2,(H,12,16)(H,14,15). The Balaban J connectivity index is 1.67. The van der Waals surface area contributed by atoms with Crippen molar-refractivity contribution in [2.45, 2.75) is 13.0 Å². The molecule has 1 fully saturated rings. The third kappa shape index (κ3) is 3.20. The Morgan fingerprint density at radius 1 is 1.53 bits per heavy atom. The summed E-state index contributed by atoms with van der Waals surface area (Å²) in [5.41, 5.74) is 0. The van der Waals surface area contributed by atoms with Crippen LogP contribution in [-0.4, -0.2) is 35.1 Å². The molecule has 0 radical (unpaired) electrons. The summed E-state index contributed by atoms with van der Waals surface area (Å²) in [6, 6.07) is 3.80. The fraction of sp³-hybridized carbons (Fsp3) is 0.455. The van der Waals surface area contributed by atoms with Gasteiger partial charge in [-0.25, -0.2) is 4.79 Å². The first-order valence-corrected chi connectivity index (χ1v) is 6.30. The molecule has 1 saturated heterocycles. The van der Waals surface area contributed by atoms with Gasteiger partial charge in [0.15, 0.2) is 0 Å². The van der Waals surface area contributed by atoms with Gasteiger partial charge in [-0.1, -0.05) is 6.07 Å². The number of nitrogens with one attached hydrogen (secondary N) is 1. The Hall–Kier alpha value is -1.56. The molecule has 0 spiro atoms. The quantitative estimate of drug-likeness (QED) is 0.852. The average molecular weight is 254 g/mol. The second-order valence-electron chi connectivity index (χ2n) is 4.11. The van der Waals surface area contributed by atoms with E-state index in [9.17, 15) is 9.59 Å². The second kappa shape index (κ2) is 5.18. The van der Waals surface area contributed by atoms with Crippen LogP contribution in [0.1, 0.15) is 11.3 Å². The van der Waals surface area contributed by atoms with E-state index in [1.807, 2.05) is 17.5 Å². The predicted molar refractivity (Wildman–Crippen MR) is 63.9 cm³/mol. The lowest BCUT2D eigenvalue weighted by Crippen LogP contribution is -2.54. The molecule has 1 aromatic heterocycles. The first-order chi connectivity index (χ1) is 8.15. The predicted octanol–water partition coefficient (Wildman–Crippen LogP) is 1.36. The summed E-state index contributed by atoms with van der Waals surface area (Å²) in [5.74, 6) is -0.686. The van der Waals surface area contributed by atoms with Gasteiger partial charge in [-0.2, -0.15) is 0 Å². The van der Waals surface area contributed by atoms with Crippen LogP contribution < -0.4 is 5.32 Å². The van der Waals surface area contributed by atoms with Gasteiger partial charge in [0, 0.05) is 23.9 Å². The number of carboxylic acids is 1. The van der Waals surface area contributed by atoms with E-state index in [1.54, 1.807) is 16.2 Å². The largest absolute Gasteiger partial charge is 0.481 e. The highest BCUT2D eigenvalue weighted by molar-refractivity contribution is 7.09.